The number of amides is 2. The molecule has 3 aromatic rings. The van der Waals surface area contributed by atoms with Gasteiger partial charge in [-0.15, -0.1) is 0 Å². The summed E-state index contributed by atoms with van der Waals surface area (Å²) in [6.45, 7) is 2.17. The lowest BCUT2D eigenvalue weighted by Gasteiger charge is -2.24. The second-order valence-electron chi connectivity index (χ2n) is 5.66. The van der Waals surface area contributed by atoms with E-state index < -0.39 is 12.1 Å². The number of aliphatic hydroxyl groups is 1. The largest absolute Gasteiger partial charge is 0.467 e. The van der Waals surface area contributed by atoms with E-state index >= 15 is 0 Å². The second-order valence-corrected chi connectivity index (χ2v) is 5.66. The van der Waals surface area contributed by atoms with E-state index in [-0.39, 0.29) is 12.4 Å². The van der Waals surface area contributed by atoms with Crippen LogP contribution in [0.15, 0.2) is 63.7 Å². The molecule has 2 aromatic heterocycles. The first-order valence-electron chi connectivity index (χ1n) is 7.86. The molecule has 1 atom stereocenters. The van der Waals surface area contributed by atoms with Gasteiger partial charge in [0.25, 0.3) is 0 Å². The fraction of sp³-hybridized carbons (Fsp3) is 0.222. The summed E-state index contributed by atoms with van der Waals surface area (Å²) in [5.74, 6) is 0.662. The van der Waals surface area contributed by atoms with Crippen molar-refractivity contribution >= 4 is 11.9 Å². The molecule has 0 aliphatic heterocycles. The minimum atomic E-state index is -0.930. The number of aromatic nitrogens is 1. The number of carbonyl (C=O) groups excluding carboxylic acids is 1. The number of carbonyl (C=O) groups is 1. The predicted molar refractivity (Wildman–Crippen MR) is 90.8 cm³/mol. The van der Waals surface area contributed by atoms with Crippen LogP contribution in [0.25, 0.3) is 0 Å². The third-order valence-corrected chi connectivity index (χ3v) is 3.63. The third-order valence-electron chi connectivity index (χ3n) is 3.63. The van der Waals surface area contributed by atoms with Crippen molar-refractivity contribution in [3.63, 3.8) is 0 Å². The third kappa shape index (κ3) is 4.48. The standard InChI is InChI=1S/C18H19N3O4/c1-13-10-17(25-20-13)19-18(23)21(11-14-6-3-2-4-7-14)12-15(22)16-8-5-9-24-16/h2-10,15,22H,11-12H2,1H3,(H,19,23). The highest BCUT2D eigenvalue weighted by molar-refractivity contribution is 5.87. The van der Waals surface area contributed by atoms with Crippen LogP contribution in [0.4, 0.5) is 10.7 Å². The molecule has 25 heavy (non-hydrogen) atoms. The number of anilines is 1. The number of aliphatic hydroxyl groups excluding tert-OH is 1. The van der Waals surface area contributed by atoms with Crippen molar-refractivity contribution in [2.75, 3.05) is 11.9 Å². The Balaban J connectivity index is 1.74. The average Bonchev–Trinajstić information content (AvgIpc) is 3.27. The second kappa shape index (κ2) is 7.67. The van der Waals surface area contributed by atoms with Crippen LogP contribution < -0.4 is 5.32 Å². The van der Waals surface area contributed by atoms with Gasteiger partial charge in [-0.2, -0.15) is 0 Å². The molecule has 1 aromatic carbocycles. The van der Waals surface area contributed by atoms with Gasteiger partial charge in [0.05, 0.1) is 18.5 Å². The van der Waals surface area contributed by atoms with Crippen molar-refractivity contribution < 1.29 is 18.8 Å². The Morgan fingerprint density at radius 2 is 2.08 bits per heavy atom. The van der Waals surface area contributed by atoms with Crippen LogP contribution in [0.5, 0.6) is 0 Å². The van der Waals surface area contributed by atoms with E-state index in [1.807, 2.05) is 30.3 Å². The molecule has 7 heteroatoms. The molecule has 2 N–H and O–H groups in total. The van der Waals surface area contributed by atoms with Crippen molar-refractivity contribution in [3.05, 3.63) is 71.8 Å². The average molecular weight is 341 g/mol. The van der Waals surface area contributed by atoms with Crippen molar-refractivity contribution in [2.24, 2.45) is 0 Å². The van der Waals surface area contributed by atoms with E-state index in [9.17, 15) is 9.90 Å². The molecule has 0 saturated carbocycles. The maximum Gasteiger partial charge on any atom is 0.324 e. The van der Waals surface area contributed by atoms with Crippen LogP contribution in [0, 0.1) is 6.92 Å². The van der Waals surface area contributed by atoms with E-state index in [0.717, 1.165) is 5.56 Å². The van der Waals surface area contributed by atoms with Gasteiger partial charge < -0.3 is 18.9 Å². The summed E-state index contributed by atoms with van der Waals surface area (Å²) < 4.78 is 10.2. The number of nitrogens with zero attached hydrogens (tertiary/aromatic N) is 2. The van der Waals surface area contributed by atoms with Crippen molar-refractivity contribution in [1.29, 1.82) is 0 Å². The maximum absolute atomic E-state index is 12.6. The molecular weight excluding hydrogens is 322 g/mol. The summed E-state index contributed by atoms with van der Waals surface area (Å²) in [4.78, 5) is 14.1. The van der Waals surface area contributed by atoms with Crippen LogP contribution in [0.3, 0.4) is 0 Å². The van der Waals surface area contributed by atoms with Crippen LogP contribution in [0.2, 0.25) is 0 Å². The molecule has 7 nitrogen and oxygen atoms in total. The van der Waals surface area contributed by atoms with Crippen LogP contribution in [-0.4, -0.2) is 27.7 Å². The number of benzene rings is 1. The summed E-state index contributed by atoms with van der Waals surface area (Å²) >= 11 is 0. The van der Waals surface area contributed by atoms with Gasteiger partial charge in [0.1, 0.15) is 11.9 Å². The molecule has 0 spiro atoms. The Labute approximate surface area is 144 Å². The lowest BCUT2D eigenvalue weighted by atomic mass is 10.2. The van der Waals surface area contributed by atoms with E-state index in [4.69, 9.17) is 8.94 Å². The SMILES string of the molecule is Cc1cc(NC(=O)N(Cc2ccccc2)CC(O)c2ccco2)on1. The fourth-order valence-electron chi connectivity index (χ4n) is 2.41. The maximum atomic E-state index is 12.6. The molecule has 1 unspecified atom stereocenters. The molecule has 0 aliphatic carbocycles. The number of urea groups is 1. The molecule has 0 saturated heterocycles. The molecule has 2 amide bonds. The molecule has 0 radical (unpaired) electrons. The molecule has 0 bridgehead atoms. The molecule has 130 valence electrons. The topological polar surface area (TPSA) is 91.7 Å². The van der Waals surface area contributed by atoms with Gasteiger partial charge in [-0.25, -0.2) is 4.79 Å². The summed E-state index contributed by atoms with van der Waals surface area (Å²) in [5, 5.41) is 16.7. The zero-order valence-electron chi connectivity index (χ0n) is 13.8. The van der Waals surface area contributed by atoms with Crippen molar-refractivity contribution in [1.82, 2.24) is 10.1 Å². The van der Waals surface area contributed by atoms with Crippen molar-refractivity contribution in [3.8, 4) is 0 Å². The highest BCUT2D eigenvalue weighted by Gasteiger charge is 2.21. The van der Waals surface area contributed by atoms with Gasteiger partial charge in [0.2, 0.25) is 5.88 Å². The predicted octanol–water partition coefficient (Wildman–Crippen LogP) is 3.34. The first-order chi connectivity index (χ1) is 12.1. The smallest absolute Gasteiger partial charge is 0.324 e. The van der Waals surface area contributed by atoms with Crippen LogP contribution >= 0.6 is 0 Å². The van der Waals surface area contributed by atoms with Gasteiger partial charge in [-0.3, -0.25) is 5.32 Å². The van der Waals surface area contributed by atoms with Crippen LogP contribution in [-0.2, 0) is 6.54 Å². The molecular formula is C18H19N3O4. The Morgan fingerprint density at radius 1 is 1.28 bits per heavy atom. The molecule has 0 fully saturated rings. The van der Waals surface area contributed by atoms with Gasteiger partial charge >= 0.3 is 6.03 Å². The Bertz CT molecular complexity index is 799. The monoisotopic (exact) mass is 341 g/mol. The molecule has 2 heterocycles. The number of aryl methyl sites for hydroxylation is 1. The van der Waals surface area contributed by atoms with E-state index in [2.05, 4.69) is 10.5 Å². The van der Waals surface area contributed by atoms with Gasteiger partial charge in [-0.1, -0.05) is 35.5 Å². The quantitative estimate of drug-likeness (QED) is 0.717. The summed E-state index contributed by atoms with van der Waals surface area (Å²) in [6, 6.07) is 14.1. The Hall–Kier alpha value is -3.06. The number of furan rings is 1. The summed E-state index contributed by atoms with van der Waals surface area (Å²) in [6.07, 6.45) is 0.554. The summed E-state index contributed by atoms with van der Waals surface area (Å²) in [7, 11) is 0. The zero-order valence-corrected chi connectivity index (χ0v) is 13.8. The van der Waals surface area contributed by atoms with Gasteiger partial charge in [0, 0.05) is 12.6 Å². The number of hydrogen-bond donors (Lipinski definition) is 2. The fourth-order valence-corrected chi connectivity index (χ4v) is 2.41. The van der Waals surface area contributed by atoms with E-state index in [1.54, 1.807) is 25.1 Å². The van der Waals surface area contributed by atoms with E-state index in [0.29, 0.717) is 18.0 Å². The molecule has 3 rings (SSSR count). The normalized spacial score (nSPS) is 11.9. The summed E-state index contributed by atoms with van der Waals surface area (Å²) in [5.41, 5.74) is 1.61. The Kier molecular flexibility index (Phi) is 5.15. The lowest BCUT2D eigenvalue weighted by Crippen LogP contribution is -2.37. The first-order valence-corrected chi connectivity index (χ1v) is 7.86. The number of nitrogens with one attached hydrogen (secondary N) is 1. The zero-order chi connectivity index (χ0) is 17.6. The molecule has 0 aliphatic rings. The lowest BCUT2D eigenvalue weighted by molar-refractivity contribution is 0.105. The highest BCUT2D eigenvalue weighted by Crippen LogP contribution is 2.18. The minimum Gasteiger partial charge on any atom is -0.467 e. The highest BCUT2D eigenvalue weighted by atomic mass is 16.5. The number of hydrogen-bond acceptors (Lipinski definition) is 5. The number of rotatable bonds is 6. The first kappa shape index (κ1) is 16.8. The minimum absolute atomic E-state index is 0.0708. The van der Waals surface area contributed by atoms with Gasteiger partial charge in [-0.05, 0) is 24.6 Å². The van der Waals surface area contributed by atoms with E-state index in [1.165, 1.54) is 11.2 Å². The van der Waals surface area contributed by atoms with Gasteiger partial charge in [0.15, 0.2) is 0 Å². The Morgan fingerprint density at radius 3 is 2.72 bits per heavy atom. The van der Waals surface area contributed by atoms with Crippen molar-refractivity contribution in [2.45, 2.75) is 19.6 Å². The van der Waals surface area contributed by atoms with Crippen LogP contribution in [0.1, 0.15) is 23.1 Å².